The molecule has 1 heterocycles. The Labute approximate surface area is 117 Å². The van der Waals surface area contributed by atoms with Crippen molar-refractivity contribution in [1.82, 2.24) is 10.2 Å². The number of nitro benzene ring substituents is 1. The highest BCUT2D eigenvalue weighted by Crippen LogP contribution is 2.14. The smallest absolute Gasteiger partial charge is 0.269 e. The van der Waals surface area contributed by atoms with E-state index in [4.69, 9.17) is 0 Å². The second-order valence-electron chi connectivity index (χ2n) is 5.12. The molecular weight excluding hydrogens is 258 g/mol. The van der Waals surface area contributed by atoms with Crippen LogP contribution in [0.15, 0.2) is 24.3 Å². The number of nitrogens with zero attached hydrogens (tertiary/aromatic N) is 2. The molecule has 2 rings (SSSR count). The van der Waals surface area contributed by atoms with Crippen molar-refractivity contribution in [3.63, 3.8) is 0 Å². The van der Waals surface area contributed by atoms with Crippen LogP contribution in [-0.2, 0) is 0 Å². The molecule has 0 bridgehead atoms. The summed E-state index contributed by atoms with van der Waals surface area (Å²) in [5.74, 6) is 0.000862. The monoisotopic (exact) mass is 277 g/mol. The number of nitro groups is 1. The molecule has 1 fully saturated rings. The predicted molar refractivity (Wildman–Crippen MR) is 75.9 cm³/mol. The molecule has 0 spiro atoms. The molecule has 1 saturated heterocycles. The van der Waals surface area contributed by atoms with Crippen molar-refractivity contribution < 1.29 is 9.72 Å². The number of hydrogen-bond acceptors (Lipinski definition) is 5. The van der Waals surface area contributed by atoms with E-state index >= 15 is 0 Å². The highest BCUT2D eigenvalue weighted by atomic mass is 16.6. The standard InChI is InChI=1S/C14H19N3O3/c1-16(12-6-8-15-9-7-12)10-14(18)11-2-4-13(5-3-11)17(19)20/h2-5,12,15H,6-10H2,1H3. The molecule has 6 heteroatoms. The highest BCUT2D eigenvalue weighted by Gasteiger charge is 2.20. The number of non-ortho nitro benzene ring substituents is 1. The number of carbonyl (C=O) groups is 1. The topological polar surface area (TPSA) is 75.5 Å². The lowest BCUT2D eigenvalue weighted by molar-refractivity contribution is -0.384. The summed E-state index contributed by atoms with van der Waals surface area (Å²) in [6, 6.07) is 6.22. The molecule has 0 aliphatic carbocycles. The van der Waals surface area contributed by atoms with Crippen LogP contribution in [0.25, 0.3) is 0 Å². The van der Waals surface area contributed by atoms with Gasteiger partial charge in [-0.2, -0.15) is 0 Å². The van der Waals surface area contributed by atoms with Crippen molar-refractivity contribution in [3.05, 3.63) is 39.9 Å². The number of hydrogen-bond donors (Lipinski definition) is 1. The number of benzene rings is 1. The van der Waals surface area contributed by atoms with Crippen LogP contribution in [-0.4, -0.2) is 48.3 Å². The first-order valence-corrected chi connectivity index (χ1v) is 6.76. The Kier molecular flexibility index (Phi) is 4.81. The third-order valence-electron chi connectivity index (χ3n) is 3.73. The van der Waals surface area contributed by atoms with E-state index in [0.717, 1.165) is 25.9 Å². The van der Waals surface area contributed by atoms with Gasteiger partial charge in [-0.3, -0.25) is 19.8 Å². The molecule has 108 valence electrons. The Balaban J connectivity index is 1.95. The fraction of sp³-hybridized carbons (Fsp3) is 0.500. The van der Waals surface area contributed by atoms with E-state index in [1.54, 1.807) is 0 Å². The first-order chi connectivity index (χ1) is 9.58. The van der Waals surface area contributed by atoms with Crippen LogP contribution in [0.2, 0.25) is 0 Å². The van der Waals surface area contributed by atoms with Gasteiger partial charge in [0.25, 0.3) is 5.69 Å². The maximum atomic E-state index is 12.2. The average molecular weight is 277 g/mol. The molecule has 0 atom stereocenters. The van der Waals surface area contributed by atoms with Gasteiger partial charge in [-0.15, -0.1) is 0 Å². The van der Waals surface area contributed by atoms with Crippen LogP contribution in [0.3, 0.4) is 0 Å². The van der Waals surface area contributed by atoms with E-state index in [2.05, 4.69) is 10.2 Å². The van der Waals surface area contributed by atoms with E-state index in [-0.39, 0.29) is 11.5 Å². The Morgan fingerprint density at radius 2 is 1.95 bits per heavy atom. The number of Topliss-reactive ketones (excluding diaryl/α,β-unsaturated/α-hetero) is 1. The zero-order valence-corrected chi connectivity index (χ0v) is 11.5. The number of ketones is 1. The van der Waals surface area contributed by atoms with Crippen molar-refractivity contribution >= 4 is 11.5 Å². The summed E-state index contributed by atoms with van der Waals surface area (Å²) in [6.07, 6.45) is 2.09. The summed E-state index contributed by atoms with van der Waals surface area (Å²) in [5, 5.41) is 13.9. The molecule has 1 N–H and O–H groups in total. The van der Waals surface area contributed by atoms with Gasteiger partial charge in [0.2, 0.25) is 0 Å². The van der Waals surface area contributed by atoms with Gasteiger partial charge in [0.15, 0.2) is 5.78 Å². The Morgan fingerprint density at radius 3 is 2.50 bits per heavy atom. The number of carbonyl (C=O) groups excluding carboxylic acids is 1. The molecule has 0 radical (unpaired) electrons. The molecule has 1 aliphatic heterocycles. The molecule has 0 saturated carbocycles. The van der Waals surface area contributed by atoms with Gasteiger partial charge in [-0.1, -0.05) is 0 Å². The largest absolute Gasteiger partial charge is 0.317 e. The minimum atomic E-state index is -0.463. The predicted octanol–water partition coefficient (Wildman–Crippen LogP) is 1.46. The van der Waals surface area contributed by atoms with Crippen LogP contribution < -0.4 is 5.32 Å². The van der Waals surface area contributed by atoms with E-state index in [9.17, 15) is 14.9 Å². The minimum Gasteiger partial charge on any atom is -0.317 e. The second-order valence-corrected chi connectivity index (χ2v) is 5.12. The zero-order chi connectivity index (χ0) is 14.5. The molecule has 1 aromatic carbocycles. The third kappa shape index (κ3) is 3.61. The molecule has 1 aliphatic rings. The molecule has 1 aromatic rings. The van der Waals surface area contributed by atoms with E-state index < -0.39 is 4.92 Å². The molecule has 6 nitrogen and oxygen atoms in total. The van der Waals surface area contributed by atoms with Gasteiger partial charge in [-0.05, 0) is 45.1 Å². The molecule has 0 aromatic heterocycles. The van der Waals surface area contributed by atoms with E-state index in [0.29, 0.717) is 18.2 Å². The van der Waals surface area contributed by atoms with Gasteiger partial charge in [-0.25, -0.2) is 0 Å². The fourth-order valence-corrected chi connectivity index (χ4v) is 2.46. The van der Waals surface area contributed by atoms with E-state index in [1.165, 1.54) is 24.3 Å². The Bertz CT molecular complexity index is 481. The van der Waals surface area contributed by atoms with Crippen molar-refractivity contribution in [2.24, 2.45) is 0 Å². The van der Waals surface area contributed by atoms with Gasteiger partial charge in [0.05, 0.1) is 11.5 Å². The number of piperidine rings is 1. The van der Waals surface area contributed by atoms with Crippen molar-refractivity contribution in [1.29, 1.82) is 0 Å². The van der Waals surface area contributed by atoms with Crippen molar-refractivity contribution in [3.8, 4) is 0 Å². The lowest BCUT2D eigenvalue weighted by Gasteiger charge is -2.31. The lowest BCUT2D eigenvalue weighted by Crippen LogP contribution is -2.43. The summed E-state index contributed by atoms with van der Waals surface area (Å²) in [4.78, 5) is 24.3. The highest BCUT2D eigenvalue weighted by molar-refractivity contribution is 5.97. The van der Waals surface area contributed by atoms with Crippen LogP contribution in [0, 0.1) is 10.1 Å². The Hall–Kier alpha value is -1.79. The Morgan fingerprint density at radius 1 is 1.35 bits per heavy atom. The van der Waals surface area contributed by atoms with Crippen LogP contribution in [0.5, 0.6) is 0 Å². The summed E-state index contributed by atoms with van der Waals surface area (Å²) >= 11 is 0. The quantitative estimate of drug-likeness (QED) is 0.501. The van der Waals surface area contributed by atoms with E-state index in [1.807, 2.05) is 7.05 Å². The van der Waals surface area contributed by atoms with Crippen molar-refractivity contribution in [2.75, 3.05) is 26.7 Å². The summed E-state index contributed by atoms with van der Waals surface area (Å²) in [5.41, 5.74) is 0.532. The molecule has 20 heavy (non-hydrogen) atoms. The first-order valence-electron chi connectivity index (χ1n) is 6.76. The summed E-state index contributed by atoms with van der Waals surface area (Å²) in [6.45, 7) is 2.32. The average Bonchev–Trinajstić information content (AvgIpc) is 2.48. The number of likely N-dealkylation sites (N-methyl/N-ethyl adjacent to an activating group) is 1. The maximum Gasteiger partial charge on any atom is 0.269 e. The summed E-state index contributed by atoms with van der Waals surface area (Å²) in [7, 11) is 1.96. The molecular formula is C14H19N3O3. The van der Waals surface area contributed by atoms with Gasteiger partial charge in [0.1, 0.15) is 0 Å². The SMILES string of the molecule is CN(CC(=O)c1ccc([N+](=O)[O-])cc1)C1CCNCC1. The zero-order valence-electron chi connectivity index (χ0n) is 11.5. The molecule has 0 amide bonds. The summed E-state index contributed by atoms with van der Waals surface area (Å²) < 4.78 is 0. The normalized spacial score (nSPS) is 16.3. The van der Waals surface area contributed by atoms with Crippen LogP contribution in [0.4, 0.5) is 5.69 Å². The van der Waals surface area contributed by atoms with Gasteiger partial charge >= 0.3 is 0 Å². The second kappa shape index (κ2) is 6.58. The number of rotatable bonds is 5. The molecule has 0 unspecified atom stereocenters. The van der Waals surface area contributed by atoms with Gasteiger partial charge < -0.3 is 5.32 Å². The first kappa shape index (κ1) is 14.6. The van der Waals surface area contributed by atoms with Crippen LogP contribution >= 0.6 is 0 Å². The van der Waals surface area contributed by atoms with Gasteiger partial charge in [0, 0.05) is 23.7 Å². The fourth-order valence-electron chi connectivity index (χ4n) is 2.46. The lowest BCUT2D eigenvalue weighted by atomic mass is 10.0. The maximum absolute atomic E-state index is 12.2. The van der Waals surface area contributed by atoms with Crippen LogP contribution in [0.1, 0.15) is 23.2 Å². The van der Waals surface area contributed by atoms with Crippen molar-refractivity contribution in [2.45, 2.75) is 18.9 Å². The number of nitrogens with one attached hydrogen (secondary N) is 1. The minimum absolute atomic E-state index is 0.000862. The third-order valence-corrected chi connectivity index (χ3v) is 3.73.